The lowest BCUT2D eigenvalue weighted by molar-refractivity contribution is 0.226. The summed E-state index contributed by atoms with van der Waals surface area (Å²) in [7, 11) is 0. The molecule has 1 aliphatic heterocycles. The van der Waals surface area contributed by atoms with Gasteiger partial charge in [0.15, 0.2) is 11.9 Å². The van der Waals surface area contributed by atoms with Gasteiger partial charge < -0.3 is 10.1 Å². The Labute approximate surface area is 124 Å². The van der Waals surface area contributed by atoms with Crippen molar-refractivity contribution in [1.82, 2.24) is 15.3 Å². The van der Waals surface area contributed by atoms with Gasteiger partial charge in [0.25, 0.3) is 0 Å². The van der Waals surface area contributed by atoms with Crippen LogP contribution in [0.4, 0.5) is 0 Å². The summed E-state index contributed by atoms with van der Waals surface area (Å²) in [5.74, 6) is 1.77. The first-order chi connectivity index (χ1) is 10.3. The van der Waals surface area contributed by atoms with E-state index in [4.69, 9.17) is 9.72 Å². The zero-order valence-electron chi connectivity index (χ0n) is 12.2. The molecule has 1 N–H and O–H groups in total. The summed E-state index contributed by atoms with van der Waals surface area (Å²) < 4.78 is 6.00. The Bertz CT molecular complexity index is 642. The summed E-state index contributed by atoms with van der Waals surface area (Å²) in [6, 6.07) is 10.9. The van der Waals surface area contributed by atoms with E-state index in [9.17, 15) is 0 Å². The minimum atomic E-state index is -0.0537. The highest BCUT2D eigenvalue weighted by Crippen LogP contribution is 2.35. The Hall–Kier alpha value is -1.94. The summed E-state index contributed by atoms with van der Waals surface area (Å²) in [4.78, 5) is 9.28. The third-order valence-electron chi connectivity index (χ3n) is 4.01. The van der Waals surface area contributed by atoms with Gasteiger partial charge in [-0.15, -0.1) is 0 Å². The van der Waals surface area contributed by atoms with Crippen molar-refractivity contribution in [1.29, 1.82) is 0 Å². The van der Waals surface area contributed by atoms with Gasteiger partial charge in [0.05, 0.1) is 5.69 Å². The number of fused-ring (bicyclic) bond motifs is 1. The number of para-hydroxylation sites is 1. The number of benzene rings is 1. The molecule has 4 rings (SSSR count). The van der Waals surface area contributed by atoms with Crippen molar-refractivity contribution in [2.24, 2.45) is 0 Å². The van der Waals surface area contributed by atoms with Crippen molar-refractivity contribution in [3.05, 3.63) is 53.1 Å². The zero-order valence-corrected chi connectivity index (χ0v) is 12.2. The number of ether oxygens (including phenoxy) is 1. The van der Waals surface area contributed by atoms with E-state index in [1.165, 1.54) is 18.4 Å². The maximum absolute atomic E-state index is 6.00. The molecule has 2 heterocycles. The minimum Gasteiger partial charge on any atom is -0.482 e. The molecule has 0 spiro atoms. The number of aryl methyl sites for hydroxylation is 1. The molecule has 2 aromatic rings. The summed E-state index contributed by atoms with van der Waals surface area (Å²) in [5.41, 5.74) is 3.31. The quantitative estimate of drug-likeness (QED) is 0.936. The molecule has 0 bridgehead atoms. The van der Waals surface area contributed by atoms with E-state index < -0.39 is 0 Å². The minimum absolute atomic E-state index is 0.0537. The number of hydrogen-bond donors (Lipinski definition) is 1. The number of hydrogen-bond acceptors (Lipinski definition) is 4. The lowest BCUT2D eigenvalue weighted by Crippen LogP contribution is -2.18. The second-order valence-electron chi connectivity index (χ2n) is 5.93. The molecule has 0 radical (unpaired) electrons. The maximum Gasteiger partial charge on any atom is 0.170 e. The van der Waals surface area contributed by atoms with E-state index in [1.807, 2.05) is 25.1 Å². The number of aromatic nitrogens is 2. The number of rotatable bonds is 4. The highest BCUT2D eigenvalue weighted by molar-refractivity contribution is 5.38. The molecular weight excluding hydrogens is 262 g/mol. The third kappa shape index (κ3) is 2.76. The van der Waals surface area contributed by atoms with E-state index >= 15 is 0 Å². The van der Waals surface area contributed by atoms with Crippen LogP contribution in [0.15, 0.2) is 30.3 Å². The Balaban J connectivity index is 1.54. The van der Waals surface area contributed by atoms with Gasteiger partial charge >= 0.3 is 0 Å². The van der Waals surface area contributed by atoms with Gasteiger partial charge in [-0.1, -0.05) is 18.2 Å². The van der Waals surface area contributed by atoms with Crippen LogP contribution in [0, 0.1) is 6.92 Å². The molecule has 108 valence electrons. The van der Waals surface area contributed by atoms with Crippen LogP contribution >= 0.6 is 0 Å². The lowest BCUT2D eigenvalue weighted by atomic mass is 10.1. The average Bonchev–Trinajstić information content (AvgIpc) is 3.21. The van der Waals surface area contributed by atoms with Crippen LogP contribution in [0.2, 0.25) is 0 Å². The van der Waals surface area contributed by atoms with Crippen LogP contribution in [-0.2, 0) is 13.0 Å². The fourth-order valence-electron chi connectivity index (χ4n) is 2.76. The second-order valence-corrected chi connectivity index (χ2v) is 5.93. The molecule has 2 aliphatic rings. The van der Waals surface area contributed by atoms with Crippen molar-refractivity contribution in [3.8, 4) is 5.75 Å². The molecular formula is C17H19N3O. The number of nitrogens with zero attached hydrogens (tertiary/aromatic N) is 2. The number of nitrogens with one attached hydrogen (secondary N) is 1. The summed E-state index contributed by atoms with van der Waals surface area (Å²) in [6.45, 7) is 2.84. The molecule has 0 saturated heterocycles. The van der Waals surface area contributed by atoms with E-state index in [-0.39, 0.29) is 6.10 Å². The first-order valence-corrected chi connectivity index (χ1v) is 7.60. The van der Waals surface area contributed by atoms with E-state index in [0.717, 1.165) is 35.9 Å². The molecule has 4 nitrogen and oxygen atoms in total. The van der Waals surface area contributed by atoms with Gasteiger partial charge in [-0.2, -0.15) is 0 Å². The van der Waals surface area contributed by atoms with Gasteiger partial charge in [-0.25, -0.2) is 9.97 Å². The van der Waals surface area contributed by atoms with E-state index in [2.05, 4.69) is 22.4 Å². The Morgan fingerprint density at radius 1 is 1.24 bits per heavy atom. The molecule has 1 aromatic carbocycles. The zero-order chi connectivity index (χ0) is 14.2. The van der Waals surface area contributed by atoms with Crippen molar-refractivity contribution >= 4 is 0 Å². The Kier molecular flexibility index (Phi) is 3.11. The summed E-state index contributed by atoms with van der Waals surface area (Å²) in [5, 5.41) is 3.50. The lowest BCUT2D eigenvalue weighted by Gasteiger charge is -2.12. The third-order valence-corrected chi connectivity index (χ3v) is 4.01. The van der Waals surface area contributed by atoms with Crippen LogP contribution in [0.3, 0.4) is 0 Å². The van der Waals surface area contributed by atoms with Gasteiger partial charge in [-0.3, -0.25) is 0 Å². The largest absolute Gasteiger partial charge is 0.482 e. The van der Waals surface area contributed by atoms with Gasteiger partial charge in [0, 0.05) is 24.7 Å². The van der Waals surface area contributed by atoms with E-state index in [0.29, 0.717) is 6.04 Å². The topological polar surface area (TPSA) is 47.0 Å². The first kappa shape index (κ1) is 12.8. The molecule has 1 fully saturated rings. The summed E-state index contributed by atoms with van der Waals surface area (Å²) in [6.07, 6.45) is 3.38. The van der Waals surface area contributed by atoms with Crippen LogP contribution in [0.25, 0.3) is 0 Å². The average molecular weight is 281 g/mol. The highest BCUT2D eigenvalue weighted by Gasteiger charge is 2.27. The predicted octanol–water partition coefficient (Wildman–Crippen LogP) is 2.71. The smallest absolute Gasteiger partial charge is 0.170 e. The summed E-state index contributed by atoms with van der Waals surface area (Å²) >= 11 is 0. The molecule has 21 heavy (non-hydrogen) atoms. The van der Waals surface area contributed by atoms with Crippen LogP contribution in [-0.4, -0.2) is 16.0 Å². The molecule has 1 unspecified atom stereocenters. The van der Waals surface area contributed by atoms with Gasteiger partial charge in [-0.05, 0) is 37.5 Å². The van der Waals surface area contributed by atoms with Gasteiger partial charge in [0.1, 0.15) is 5.75 Å². The fourth-order valence-corrected chi connectivity index (χ4v) is 2.76. The van der Waals surface area contributed by atoms with Crippen molar-refractivity contribution in [2.45, 2.75) is 44.9 Å². The Morgan fingerprint density at radius 2 is 2.10 bits per heavy atom. The second kappa shape index (κ2) is 5.11. The standard InChI is InChI=1S/C17H19N3O/c1-11-8-14(10-18-13-6-7-13)20-17(19-11)16-9-12-4-2-3-5-15(12)21-16/h2-5,8,13,16,18H,6-7,9-10H2,1H3. The Morgan fingerprint density at radius 3 is 2.90 bits per heavy atom. The van der Waals surface area contributed by atoms with Crippen LogP contribution in [0.1, 0.15) is 41.7 Å². The van der Waals surface area contributed by atoms with Crippen molar-refractivity contribution < 1.29 is 4.74 Å². The molecule has 4 heteroatoms. The monoisotopic (exact) mass is 281 g/mol. The highest BCUT2D eigenvalue weighted by atomic mass is 16.5. The normalized spacial score (nSPS) is 20.1. The fraction of sp³-hybridized carbons (Fsp3) is 0.412. The van der Waals surface area contributed by atoms with Crippen molar-refractivity contribution in [2.75, 3.05) is 0 Å². The molecule has 1 aliphatic carbocycles. The predicted molar refractivity (Wildman–Crippen MR) is 80.1 cm³/mol. The molecule has 1 atom stereocenters. The SMILES string of the molecule is Cc1cc(CNC2CC2)nc(C2Cc3ccccc3O2)n1. The van der Waals surface area contributed by atoms with Crippen molar-refractivity contribution in [3.63, 3.8) is 0 Å². The van der Waals surface area contributed by atoms with Crippen LogP contribution < -0.4 is 10.1 Å². The van der Waals surface area contributed by atoms with Crippen LogP contribution in [0.5, 0.6) is 5.75 Å². The molecule has 1 saturated carbocycles. The molecule has 1 aromatic heterocycles. The first-order valence-electron chi connectivity index (χ1n) is 7.60. The maximum atomic E-state index is 6.00. The van der Waals surface area contributed by atoms with E-state index in [1.54, 1.807) is 0 Å². The van der Waals surface area contributed by atoms with Gasteiger partial charge in [0.2, 0.25) is 0 Å². The molecule has 0 amide bonds.